The van der Waals surface area contributed by atoms with Crippen LogP contribution in [0.2, 0.25) is 0 Å². The standard InChI is InChI=1S/C19H24N4O2/c1-13(2)12-19(8-11-21-16(19)24)17-22-15(23-25-17)18(6-3-7-18)14-4-9-20-10-5-14/h4-5,9-10,13H,3,6-8,11-12H2,1-2H3,(H,21,24). The number of aromatic nitrogens is 3. The Morgan fingerprint density at radius 1 is 1.24 bits per heavy atom. The number of hydrogen-bond donors (Lipinski definition) is 1. The van der Waals surface area contributed by atoms with Gasteiger partial charge in [-0.05, 0) is 49.3 Å². The van der Waals surface area contributed by atoms with Gasteiger partial charge in [0.25, 0.3) is 0 Å². The predicted molar refractivity (Wildman–Crippen MR) is 91.9 cm³/mol. The van der Waals surface area contributed by atoms with Gasteiger partial charge in [-0.1, -0.05) is 25.4 Å². The largest absolute Gasteiger partial charge is 0.355 e. The summed E-state index contributed by atoms with van der Waals surface area (Å²) in [5.41, 5.74) is 0.302. The monoisotopic (exact) mass is 340 g/mol. The van der Waals surface area contributed by atoms with Gasteiger partial charge in [0.2, 0.25) is 11.8 Å². The van der Waals surface area contributed by atoms with E-state index in [0.717, 1.165) is 25.7 Å². The van der Waals surface area contributed by atoms with Crippen LogP contribution in [0.5, 0.6) is 0 Å². The summed E-state index contributed by atoms with van der Waals surface area (Å²) >= 11 is 0. The number of amides is 1. The average molecular weight is 340 g/mol. The molecule has 25 heavy (non-hydrogen) atoms. The van der Waals surface area contributed by atoms with Crippen LogP contribution in [-0.4, -0.2) is 27.6 Å². The summed E-state index contributed by atoms with van der Waals surface area (Å²) in [5, 5.41) is 7.28. The lowest BCUT2D eigenvalue weighted by atomic mass is 9.64. The van der Waals surface area contributed by atoms with Gasteiger partial charge in [0.05, 0.1) is 5.41 Å². The van der Waals surface area contributed by atoms with Crippen molar-refractivity contribution >= 4 is 5.91 Å². The minimum absolute atomic E-state index is 0.0166. The van der Waals surface area contributed by atoms with Crippen molar-refractivity contribution in [2.24, 2.45) is 5.92 Å². The lowest BCUT2D eigenvalue weighted by molar-refractivity contribution is -0.125. The SMILES string of the molecule is CC(C)CC1(c2nc(C3(c4ccncc4)CCC3)no2)CCNC1=O. The van der Waals surface area contributed by atoms with Crippen LogP contribution in [0.25, 0.3) is 0 Å². The Labute approximate surface area is 147 Å². The van der Waals surface area contributed by atoms with E-state index in [1.807, 2.05) is 12.1 Å². The Morgan fingerprint density at radius 3 is 2.56 bits per heavy atom. The van der Waals surface area contributed by atoms with E-state index in [2.05, 4.69) is 29.3 Å². The van der Waals surface area contributed by atoms with Gasteiger partial charge in [-0.3, -0.25) is 9.78 Å². The molecule has 6 nitrogen and oxygen atoms in total. The van der Waals surface area contributed by atoms with Crippen LogP contribution in [-0.2, 0) is 15.6 Å². The summed E-state index contributed by atoms with van der Waals surface area (Å²) in [6, 6.07) is 4.06. The fraction of sp³-hybridized carbons (Fsp3) is 0.579. The Morgan fingerprint density at radius 2 is 2.00 bits per heavy atom. The predicted octanol–water partition coefficient (Wildman–Crippen LogP) is 2.74. The number of hydrogen-bond acceptors (Lipinski definition) is 5. The third kappa shape index (κ3) is 2.46. The van der Waals surface area contributed by atoms with E-state index < -0.39 is 5.41 Å². The highest BCUT2D eigenvalue weighted by Crippen LogP contribution is 2.48. The van der Waals surface area contributed by atoms with Crippen molar-refractivity contribution in [3.8, 4) is 0 Å². The van der Waals surface area contributed by atoms with E-state index in [9.17, 15) is 4.79 Å². The molecular formula is C19H24N4O2. The first-order chi connectivity index (χ1) is 12.1. The van der Waals surface area contributed by atoms with E-state index in [0.29, 0.717) is 30.6 Å². The van der Waals surface area contributed by atoms with E-state index in [4.69, 9.17) is 9.51 Å². The van der Waals surface area contributed by atoms with Crippen LogP contribution in [0.3, 0.4) is 0 Å². The van der Waals surface area contributed by atoms with Crippen molar-refractivity contribution in [2.45, 2.75) is 56.8 Å². The molecule has 1 aliphatic heterocycles. The molecule has 2 aliphatic rings. The van der Waals surface area contributed by atoms with Crippen molar-refractivity contribution in [1.82, 2.24) is 20.4 Å². The third-order valence-corrected chi connectivity index (χ3v) is 5.73. The van der Waals surface area contributed by atoms with Gasteiger partial charge in [0.1, 0.15) is 5.41 Å². The van der Waals surface area contributed by atoms with Gasteiger partial charge in [-0.15, -0.1) is 0 Å². The molecule has 1 amide bonds. The molecule has 132 valence electrons. The molecule has 1 unspecified atom stereocenters. The number of carbonyl (C=O) groups is 1. The molecule has 2 aromatic rings. The van der Waals surface area contributed by atoms with Crippen LogP contribution in [0.1, 0.15) is 63.2 Å². The lowest BCUT2D eigenvalue weighted by Crippen LogP contribution is -2.39. The van der Waals surface area contributed by atoms with Crippen molar-refractivity contribution in [3.63, 3.8) is 0 Å². The molecule has 0 spiro atoms. The molecule has 2 fully saturated rings. The molecule has 0 aromatic carbocycles. The quantitative estimate of drug-likeness (QED) is 0.905. The van der Waals surface area contributed by atoms with E-state index >= 15 is 0 Å². The van der Waals surface area contributed by atoms with Crippen LogP contribution < -0.4 is 5.32 Å². The smallest absolute Gasteiger partial charge is 0.242 e. The van der Waals surface area contributed by atoms with Crippen LogP contribution in [0.4, 0.5) is 0 Å². The van der Waals surface area contributed by atoms with Crippen molar-refractivity contribution in [3.05, 3.63) is 41.8 Å². The highest BCUT2D eigenvalue weighted by atomic mass is 16.5. The zero-order valence-electron chi connectivity index (χ0n) is 14.8. The molecule has 3 heterocycles. The Bertz CT molecular complexity index is 767. The fourth-order valence-electron chi connectivity index (χ4n) is 4.31. The number of nitrogens with one attached hydrogen (secondary N) is 1. The van der Waals surface area contributed by atoms with Crippen LogP contribution in [0, 0.1) is 5.92 Å². The molecule has 2 aromatic heterocycles. The zero-order valence-corrected chi connectivity index (χ0v) is 14.8. The second-order valence-electron chi connectivity index (χ2n) is 7.78. The second kappa shape index (κ2) is 5.93. The first-order valence-electron chi connectivity index (χ1n) is 9.10. The summed E-state index contributed by atoms with van der Waals surface area (Å²) in [5.74, 6) is 1.58. The molecule has 1 N–H and O–H groups in total. The van der Waals surface area contributed by atoms with Crippen LogP contribution >= 0.6 is 0 Å². The lowest BCUT2D eigenvalue weighted by Gasteiger charge is -2.39. The van der Waals surface area contributed by atoms with Crippen molar-refractivity contribution in [1.29, 1.82) is 0 Å². The number of rotatable bonds is 5. The molecule has 6 heteroatoms. The van der Waals surface area contributed by atoms with E-state index in [1.54, 1.807) is 12.4 Å². The topological polar surface area (TPSA) is 80.9 Å². The maximum absolute atomic E-state index is 12.6. The highest BCUT2D eigenvalue weighted by molar-refractivity contribution is 5.89. The molecule has 4 rings (SSSR count). The normalized spacial score (nSPS) is 25.0. The molecule has 0 bridgehead atoms. The summed E-state index contributed by atoms with van der Waals surface area (Å²) in [4.78, 5) is 21.5. The molecule has 1 atom stereocenters. The second-order valence-corrected chi connectivity index (χ2v) is 7.78. The minimum atomic E-state index is -0.678. The maximum atomic E-state index is 12.6. The molecule has 1 saturated heterocycles. The summed E-state index contributed by atoms with van der Waals surface area (Å²) in [6.45, 7) is 4.91. The summed E-state index contributed by atoms with van der Waals surface area (Å²) < 4.78 is 5.69. The molecular weight excluding hydrogens is 316 g/mol. The Balaban J connectivity index is 1.73. The van der Waals surface area contributed by atoms with Crippen molar-refractivity contribution in [2.75, 3.05) is 6.54 Å². The van der Waals surface area contributed by atoms with Gasteiger partial charge in [0.15, 0.2) is 5.82 Å². The summed E-state index contributed by atoms with van der Waals surface area (Å²) in [7, 11) is 0. The van der Waals surface area contributed by atoms with Gasteiger partial charge >= 0.3 is 0 Å². The average Bonchev–Trinajstić information content (AvgIpc) is 3.16. The van der Waals surface area contributed by atoms with Gasteiger partial charge in [0, 0.05) is 18.9 Å². The first kappa shape index (κ1) is 16.2. The molecule has 0 radical (unpaired) electrons. The number of carbonyl (C=O) groups excluding carboxylic acids is 1. The Kier molecular flexibility index (Phi) is 3.85. The van der Waals surface area contributed by atoms with Gasteiger partial charge < -0.3 is 9.84 Å². The van der Waals surface area contributed by atoms with Gasteiger partial charge in [-0.2, -0.15) is 4.98 Å². The van der Waals surface area contributed by atoms with Gasteiger partial charge in [-0.25, -0.2) is 0 Å². The zero-order chi connectivity index (χ0) is 17.5. The van der Waals surface area contributed by atoms with Crippen molar-refractivity contribution < 1.29 is 9.32 Å². The number of pyridine rings is 1. The number of nitrogens with zero attached hydrogens (tertiary/aromatic N) is 3. The van der Waals surface area contributed by atoms with E-state index in [-0.39, 0.29) is 11.3 Å². The van der Waals surface area contributed by atoms with Crippen LogP contribution in [0.15, 0.2) is 29.0 Å². The molecule has 1 aliphatic carbocycles. The first-order valence-corrected chi connectivity index (χ1v) is 9.10. The minimum Gasteiger partial charge on any atom is -0.355 e. The Hall–Kier alpha value is -2.24. The maximum Gasteiger partial charge on any atom is 0.242 e. The fourth-order valence-corrected chi connectivity index (χ4v) is 4.31. The molecule has 1 saturated carbocycles. The highest BCUT2D eigenvalue weighted by Gasteiger charge is 2.51. The summed E-state index contributed by atoms with van der Waals surface area (Å²) in [6.07, 6.45) is 8.20. The van der Waals surface area contributed by atoms with E-state index in [1.165, 1.54) is 5.56 Å². The third-order valence-electron chi connectivity index (χ3n) is 5.73.